The van der Waals surface area contributed by atoms with Crippen LogP contribution in [0.4, 0.5) is 0 Å². The molecule has 0 bridgehead atoms. The van der Waals surface area contributed by atoms with Gasteiger partial charge in [-0.15, -0.1) is 0 Å². The number of nitrogens with one attached hydrogen (secondary N) is 1. The van der Waals surface area contributed by atoms with Gasteiger partial charge in [-0.2, -0.15) is 0 Å². The minimum Gasteiger partial charge on any atom is -0.373 e. The lowest BCUT2D eigenvalue weighted by Crippen LogP contribution is -2.51. The molecule has 1 aliphatic rings. The Labute approximate surface area is 90.9 Å². The number of hydrazine groups is 1. The summed E-state index contributed by atoms with van der Waals surface area (Å²) < 4.78 is 5.60. The van der Waals surface area contributed by atoms with E-state index in [-0.39, 0.29) is 17.4 Å². The second-order valence-electron chi connectivity index (χ2n) is 4.75. The number of rotatable bonds is 3. The number of morpholine rings is 1. The summed E-state index contributed by atoms with van der Waals surface area (Å²) in [5.74, 6) is 4.90. The lowest BCUT2D eigenvalue weighted by molar-refractivity contribution is -0.127. The van der Waals surface area contributed by atoms with Crippen molar-refractivity contribution in [3.8, 4) is 0 Å². The molecule has 3 N–H and O–H groups in total. The number of nitrogens with two attached hydrogens (primary N) is 1. The van der Waals surface area contributed by atoms with Gasteiger partial charge in [-0.3, -0.25) is 15.1 Å². The van der Waals surface area contributed by atoms with Crippen molar-refractivity contribution in [2.24, 2.45) is 11.8 Å². The Morgan fingerprint density at radius 3 is 2.87 bits per heavy atom. The number of amides is 1. The SMILES string of the molecule is CC(CN1CCOC(C)(C)C1)C(=O)NN. The van der Waals surface area contributed by atoms with Crippen molar-refractivity contribution in [3.63, 3.8) is 0 Å². The third kappa shape index (κ3) is 3.77. The Kier molecular flexibility index (Phi) is 4.07. The second-order valence-corrected chi connectivity index (χ2v) is 4.75. The summed E-state index contributed by atoms with van der Waals surface area (Å²) in [7, 11) is 0. The van der Waals surface area contributed by atoms with Crippen LogP contribution >= 0.6 is 0 Å². The van der Waals surface area contributed by atoms with Gasteiger partial charge in [0.2, 0.25) is 5.91 Å². The van der Waals surface area contributed by atoms with Gasteiger partial charge in [0.05, 0.1) is 12.2 Å². The molecule has 15 heavy (non-hydrogen) atoms. The Balaban J connectivity index is 2.41. The van der Waals surface area contributed by atoms with Crippen LogP contribution in [0.15, 0.2) is 0 Å². The van der Waals surface area contributed by atoms with E-state index in [1.54, 1.807) is 0 Å². The molecular formula is C10H21N3O2. The van der Waals surface area contributed by atoms with E-state index in [9.17, 15) is 4.79 Å². The smallest absolute Gasteiger partial charge is 0.237 e. The summed E-state index contributed by atoms with van der Waals surface area (Å²) in [6.45, 7) is 9.20. The molecule has 0 aromatic rings. The van der Waals surface area contributed by atoms with Crippen LogP contribution in [0.25, 0.3) is 0 Å². The Morgan fingerprint density at radius 1 is 1.67 bits per heavy atom. The van der Waals surface area contributed by atoms with Crippen LogP contribution in [0.3, 0.4) is 0 Å². The fourth-order valence-electron chi connectivity index (χ4n) is 1.88. The standard InChI is InChI=1S/C10H21N3O2/c1-8(9(14)12-11)6-13-4-5-15-10(2,3)7-13/h8H,4-7,11H2,1-3H3,(H,12,14). The van der Waals surface area contributed by atoms with Crippen LogP contribution in [0, 0.1) is 5.92 Å². The number of nitrogens with zero attached hydrogens (tertiary/aromatic N) is 1. The first-order valence-electron chi connectivity index (χ1n) is 5.31. The molecule has 0 aromatic heterocycles. The van der Waals surface area contributed by atoms with Crippen LogP contribution in [0.1, 0.15) is 20.8 Å². The van der Waals surface area contributed by atoms with Crippen molar-refractivity contribution in [2.75, 3.05) is 26.2 Å². The number of carbonyl (C=O) groups excluding carboxylic acids is 1. The van der Waals surface area contributed by atoms with Crippen molar-refractivity contribution < 1.29 is 9.53 Å². The average Bonchev–Trinajstić information content (AvgIpc) is 2.14. The van der Waals surface area contributed by atoms with Gasteiger partial charge in [-0.05, 0) is 13.8 Å². The second kappa shape index (κ2) is 4.92. The van der Waals surface area contributed by atoms with Gasteiger partial charge < -0.3 is 4.74 Å². The summed E-state index contributed by atoms with van der Waals surface area (Å²) in [5.41, 5.74) is 2.06. The van der Waals surface area contributed by atoms with Crippen molar-refractivity contribution in [2.45, 2.75) is 26.4 Å². The Morgan fingerprint density at radius 2 is 2.33 bits per heavy atom. The van der Waals surface area contributed by atoms with E-state index in [2.05, 4.69) is 24.2 Å². The summed E-state index contributed by atoms with van der Waals surface area (Å²) in [4.78, 5) is 13.5. The largest absolute Gasteiger partial charge is 0.373 e. The number of hydrogen-bond acceptors (Lipinski definition) is 4. The zero-order valence-corrected chi connectivity index (χ0v) is 9.75. The fraction of sp³-hybridized carbons (Fsp3) is 0.900. The van der Waals surface area contributed by atoms with Crippen LogP contribution in [0.2, 0.25) is 0 Å². The molecule has 1 unspecified atom stereocenters. The number of hydrogen-bond donors (Lipinski definition) is 2. The molecule has 0 aliphatic carbocycles. The summed E-state index contributed by atoms with van der Waals surface area (Å²) in [6.07, 6.45) is 0. The third-order valence-corrected chi connectivity index (χ3v) is 2.63. The molecule has 1 heterocycles. The first kappa shape index (κ1) is 12.4. The molecule has 1 amide bonds. The molecule has 5 heteroatoms. The lowest BCUT2D eigenvalue weighted by Gasteiger charge is -2.38. The highest BCUT2D eigenvalue weighted by Crippen LogP contribution is 2.17. The molecule has 0 spiro atoms. The molecule has 1 saturated heterocycles. The van der Waals surface area contributed by atoms with E-state index in [4.69, 9.17) is 10.6 Å². The highest BCUT2D eigenvalue weighted by atomic mass is 16.5. The molecule has 0 aromatic carbocycles. The summed E-state index contributed by atoms with van der Waals surface area (Å²) in [6, 6.07) is 0. The van der Waals surface area contributed by atoms with E-state index in [1.807, 2.05) is 6.92 Å². The van der Waals surface area contributed by atoms with Gasteiger partial charge in [-0.25, -0.2) is 5.84 Å². The van der Waals surface area contributed by atoms with Crippen molar-refractivity contribution in [1.82, 2.24) is 10.3 Å². The quantitative estimate of drug-likeness (QED) is 0.386. The van der Waals surface area contributed by atoms with Crippen LogP contribution < -0.4 is 11.3 Å². The van der Waals surface area contributed by atoms with Crippen molar-refractivity contribution in [1.29, 1.82) is 0 Å². The molecule has 1 fully saturated rings. The topological polar surface area (TPSA) is 67.6 Å². The maximum atomic E-state index is 11.3. The zero-order valence-electron chi connectivity index (χ0n) is 9.75. The zero-order chi connectivity index (χ0) is 11.5. The van der Waals surface area contributed by atoms with Crippen LogP contribution in [0.5, 0.6) is 0 Å². The maximum absolute atomic E-state index is 11.3. The van der Waals surface area contributed by atoms with Crippen LogP contribution in [-0.2, 0) is 9.53 Å². The van der Waals surface area contributed by atoms with E-state index in [0.717, 1.165) is 26.2 Å². The average molecular weight is 215 g/mol. The molecule has 1 atom stereocenters. The monoisotopic (exact) mass is 215 g/mol. The molecule has 1 rings (SSSR count). The van der Waals surface area contributed by atoms with E-state index < -0.39 is 0 Å². The van der Waals surface area contributed by atoms with Gasteiger partial charge in [-0.1, -0.05) is 6.92 Å². The fourth-order valence-corrected chi connectivity index (χ4v) is 1.88. The molecule has 0 saturated carbocycles. The van der Waals surface area contributed by atoms with E-state index in [0.29, 0.717) is 0 Å². The van der Waals surface area contributed by atoms with Gasteiger partial charge in [0, 0.05) is 25.6 Å². The van der Waals surface area contributed by atoms with Gasteiger partial charge in [0.15, 0.2) is 0 Å². The highest BCUT2D eigenvalue weighted by molar-refractivity contribution is 5.77. The van der Waals surface area contributed by atoms with Crippen molar-refractivity contribution in [3.05, 3.63) is 0 Å². The normalized spacial score (nSPS) is 23.5. The minimum atomic E-state index is -0.114. The van der Waals surface area contributed by atoms with E-state index in [1.165, 1.54) is 0 Å². The highest BCUT2D eigenvalue weighted by Gasteiger charge is 2.28. The Bertz CT molecular complexity index is 231. The molecule has 1 aliphatic heterocycles. The Hall–Kier alpha value is -0.650. The number of carbonyl (C=O) groups is 1. The van der Waals surface area contributed by atoms with Gasteiger partial charge >= 0.3 is 0 Å². The first-order chi connectivity index (χ1) is 6.94. The van der Waals surface area contributed by atoms with Crippen LogP contribution in [-0.4, -0.2) is 42.6 Å². The van der Waals surface area contributed by atoms with E-state index >= 15 is 0 Å². The molecule has 5 nitrogen and oxygen atoms in total. The lowest BCUT2D eigenvalue weighted by atomic mass is 10.1. The maximum Gasteiger partial charge on any atom is 0.237 e. The predicted octanol–water partition coefficient (Wildman–Crippen LogP) is -0.277. The number of ether oxygens (including phenoxy) is 1. The predicted molar refractivity (Wildman–Crippen MR) is 58.0 cm³/mol. The first-order valence-corrected chi connectivity index (χ1v) is 5.31. The van der Waals surface area contributed by atoms with Gasteiger partial charge in [0.25, 0.3) is 0 Å². The summed E-state index contributed by atoms with van der Waals surface area (Å²) >= 11 is 0. The molecule has 88 valence electrons. The molecular weight excluding hydrogens is 194 g/mol. The summed E-state index contributed by atoms with van der Waals surface area (Å²) in [5, 5.41) is 0. The van der Waals surface area contributed by atoms with Gasteiger partial charge in [0.1, 0.15) is 0 Å². The minimum absolute atomic E-state index is 0.0797. The van der Waals surface area contributed by atoms with Crippen molar-refractivity contribution >= 4 is 5.91 Å². The third-order valence-electron chi connectivity index (χ3n) is 2.63. The molecule has 0 radical (unpaired) electrons.